The molecule has 0 saturated carbocycles. The average Bonchev–Trinajstić information content (AvgIpc) is 2.14. The van der Waals surface area contributed by atoms with E-state index >= 15 is 0 Å². The van der Waals surface area contributed by atoms with Crippen LogP contribution in [0.15, 0.2) is 18.2 Å². The summed E-state index contributed by atoms with van der Waals surface area (Å²) in [5.41, 5.74) is 4.99. The fourth-order valence-corrected chi connectivity index (χ4v) is 1.29. The van der Waals surface area contributed by atoms with Crippen LogP contribution in [0.2, 0.25) is 5.02 Å². The summed E-state index contributed by atoms with van der Waals surface area (Å²) in [4.78, 5) is 11.6. The molecule has 0 aromatic heterocycles. The van der Waals surface area contributed by atoms with E-state index in [2.05, 4.69) is 17.5 Å². The topological polar surface area (TPSA) is 55.1 Å². The zero-order chi connectivity index (χ0) is 11.4. The zero-order valence-electron chi connectivity index (χ0n) is 7.59. The van der Waals surface area contributed by atoms with Gasteiger partial charge in [0.15, 0.2) is 0 Å². The van der Waals surface area contributed by atoms with Gasteiger partial charge in [-0.1, -0.05) is 29.9 Å². The number of hydrogen-bond donors (Lipinski definition) is 2. The zero-order valence-corrected chi connectivity index (χ0v) is 9.16. The summed E-state index contributed by atoms with van der Waals surface area (Å²) in [7, 11) is 0. The van der Waals surface area contributed by atoms with Crippen LogP contribution in [0.25, 0.3) is 0 Å². The fourth-order valence-electron chi connectivity index (χ4n) is 0.971. The molecule has 1 amide bonds. The lowest BCUT2D eigenvalue weighted by Gasteiger charge is -2.06. The van der Waals surface area contributed by atoms with Gasteiger partial charge >= 0.3 is 0 Å². The Morgan fingerprint density at radius 1 is 1.60 bits per heavy atom. The van der Waals surface area contributed by atoms with Crippen molar-refractivity contribution < 1.29 is 9.18 Å². The molecule has 1 rings (SSSR count). The SMILES string of the molecule is NC(=S)CNC(=O)c1c(F)cccc1Cl. The monoisotopic (exact) mass is 246 g/mol. The standard InChI is InChI=1S/C9H8ClFN2OS/c10-5-2-1-3-6(11)8(5)9(14)13-4-7(12)15/h1-3H,4H2,(H2,12,15)(H,13,14). The van der Waals surface area contributed by atoms with Gasteiger partial charge in [0, 0.05) is 0 Å². The molecule has 15 heavy (non-hydrogen) atoms. The summed E-state index contributed by atoms with van der Waals surface area (Å²) >= 11 is 10.2. The van der Waals surface area contributed by atoms with E-state index in [9.17, 15) is 9.18 Å². The summed E-state index contributed by atoms with van der Waals surface area (Å²) in [6.45, 7) is 0.0127. The van der Waals surface area contributed by atoms with Crippen LogP contribution in [0.1, 0.15) is 10.4 Å². The van der Waals surface area contributed by atoms with E-state index in [1.165, 1.54) is 12.1 Å². The van der Waals surface area contributed by atoms with E-state index < -0.39 is 11.7 Å². The highest BCUT2D eigenvalue weighted by atomic mass is 35.5. The Morgan fingerprint density at radius 2 is 2.27 bits per heavy atom. The normalized spacial score (nSPS) is 9.73. The second kappa shape index (κ2) is 5.04. The van der Waals surface area contributed by atoms with Crippen molar-refractivity contribution in [2.45, 2.75) is 0 Å². The number of benzene rings is 1. The van der Waals surface area contributed by atoms with E-state index in [1.54, 1.807) is 0 Å². The first-order valence-electron chi connectivity index (χ1n) is 4.03. The van der Waals surface area contributed by atoms with Crippen LogP contribution < -0.4 is 11.1 Å². The summed E-state index contributed by atoms with van der Waals surface area (Å²) in [6.07, 6.45) is 0. The van der Waals surface area contributed by atoms with Crippen LogP contribution in [0.3, 0.4) is 0 Å². The van der Waals surface area contributed by atoms with Crippen LogP contribution in [-0.2, 0) is 0 Å². The van der Waals surface area contributed by atoms with Crippen molar-refractivity contribution in [2.75, 3.05) is 6.54 Å². The molecule has 3 N–H and O–H groups in total. The molecule has 0 fully saturated rings. The number of thiocarbonyl (C=S) groups is 1. The molecule has 1 aromatic rings. The van der Waals surface area contributed by atoms with Gasteiger partial charge < -0.3 is 11.1 Å². The smallest absolute Gasteiger partial charge is 0.256 e. The van der Waals surface area contributed by atoms with Crippen molar-refractivity contribution in [3.05, 3.63) is 34.6 Å². The van der Waals surface area contributed by atoms with Crippen LogP contribution >= 0.6 is 23.8 Å². The van der Waals surface area contributed by atoms with Crippen LogP contribution in [0.5, 0.6) is 0 Å². The van der Waals surface area contributed by atoms with Gasteiger partial charge in [0.2, 0.25) is 0 Å². The van der Waals surface area contributed by atoms with E-state index in [4.69, 9.17) is 17.3 Å². The Kier molecular flexibility index (Phi) is 3.99. The molecule has 1 aromatic carbocycles. The number of hydrogen-bond acceptors (Lipinski definition) is 2. The molecule has 0 bridgehead atoms. The molecular weight excluding hydrogens is 239 g/mol. The summed E-state index contributed by atoms with van der Waals surface area (Å²) in [5.74, 6) is -1.31. The maximum absolute atomic E-state index is 13.2. The van der Waals surface area contributed by atoms with Crippen LogP contribution in [-0.4, -0.2) is 17.4 Å². The first-order chi connectivity index (χ1) is 7.02. The lowest BCUT2D eigenvalue weighted by Crippen LogP contribution is -2.32. The predicted molar refractivity (Wildman–Crippen MR) is 60.5 cm³/mol. The number of carbonyl (C=O) groups excluding carboxylic acids is 1. The van der Waals surface area contributed by atoms with Crippen LogP contribution in [0.4, 0.5) is 4.39 Å². The van der Waals surface area contributed by atoms with Crippen molar-refractivity contribution in [3.63, 3.8) is 0 Å². The minimum Gasteiger partial charge on any atom is -0.392 e. The van der Waals surface area contributed by atoms with Crippen molar-refractivity contribution in [2.24, 2.45) is 5.73 Å². The van der Waals surface area contributed by atoms with Crippen molar-refractivity contribution >= 4 is 34.7 Å². The van der Waals surface area contributed by atoms with Gasteiger partial charge in [-0.2, -0.15) is 0 Å². The largest absolute Gasteiger partial charge is 0.392 e. The van der Waals surface area contributed by atoms with Gasteiger partial charge in [-0.3, -0.25) is 4.79 Å². The molecule has 0 spiro atoms. The third kappa shape index (κ3) is 3.14. The van der Waals surface area contributed by atoms with Gasteiger partial charge in [0.25, 0.3) is 5.91 Å². The Labute approximate surface area is 96.4 Å². The first-order valence-corrected chi connectivity index (χ1v) is 4.81. The highest BCUT2D eigenvalue weighted by Gasteiger charge is 2.14. The number of rotatable bonds is 3. The summed E-state index contributed by atoms with van der Waals surface area (Å²) in [5, 5.41) is 2.40. The lowest BCUT2D eigenvalue weighted by atomic mass is 10.2. The number of nitrogens with one attached hydrogen (secondary N) is 1. The molecule has 0 aliphatic rings. The van der Waals surface area contributed by atoms with E-state index in [-0.39, 0.29) is 22.1 Å². The molecule has 0 aliphatic carbocycles. The maximum Gasteiger partial charge on any atom is 0.256 e. The molecule has 3 nitrogen and oxygen atoms in total. The van der Waals surface area contributed by atoms with Gasteiger partial charge in [-0.25, -0.2) is 4.39 Å². The maximum atomic E-state index is 13.2. The molecule has 80 valence electrons. The van der Waals surface area contributed by atoms with Gasteiger partial charge in [-0.05, 0) is 12.1 Å². The van der Waals surface area contributed by atoms with Crippen molar-refractivity contribution in [3.8, 4) is 0 Å². The number of carbonyl (C=O) groups is 1. The minimum atomic E-state index is -0.678. The molecule has 0 heterocycles. The van der Waals surface area contributed by atoms with Crippen molar-refractivity contribution in [1.29, 1.82) is 0 Å². The Morgan fingerprint density at radius 3 is 2.80 bits per heavy atom. The Bertz CT molecular complexity index is 391. The molecule has 0 atom stereocenters. The second-order valence-corrected chi connectivity index (χ2v) is 3.68. The third-order valence-electron chi connectivity index (χ3n) is 1.61. The number of halogens is 2. The van der Waals surface area contributed by atoms with Gasteiger partial charge in [0.1, 0.15) is 5.82 Å². The van der Waals surface area contributed by atoms with E-state index in [0.29, 0.717) is 0 Å². The molecule has 0 radical (unpaired) electrons. The molecule has 0 saturated heterocycles. The molecule has 0 unspecified atom stereocenters. The quantitative estimate of drug-likeness (QED) is 0.795. The van der Waals surface area contributed by atoms with Gasteiger partial charge in [-0.15, -0.1) is 0 Å². The summed E-state index contributed by atoms with van der Waals surface area (Å²) < 4.78 is 13.2. The fraction of sp³-hybridized carbons (Fsp3) is 0.111. The predicted octanol–water partition coefficient (Wildman–Crippen LogP) is 1.50. The first kappa shape index (κ1) is 11.9. The number of nitrogens with two attached hydrogens (primary N) is 1. The molecular formula is C9H8ClFN2OS. The Balaban J connectivity index is 2.86. The highest BCUT2D eigenvalue weighted by molar-refractivity contribution is 7.80. The molecule has 6 heteroatoms. The Hall–Kier alpha value is -1.20. The number of amides is 1. The highest BCUT2D eigenvalue weighted by Crippen LogP contribution is 2.18. The third-order valence-corrected chi connectivity index (χ3v) is 2.07. The van der Waals surface area contributed by atoms with E-state index in [0.717, 1.165) is 6.07 Å². The average molecular weight is 247 g/mol. The van der Waals surface area contributed by atoms with Crippen molar-refractivity contribution in [1.82, 2.24) is 5.32 Å². The lowest BCUT2D eigenvalue weighted by molar-refractivity contribution is 0.0955. The van der Waals surface area contributed by atoms with Crippen LogP contribution in [0, 0.1) is 5.82 Å². The summed E-state index contributed by atoms with van der Waals surface area (Å²) in [6, 6.07) is 4.00. The minimum absolute atomic E-state index is 0.0127. The van der Waals surface area contributed by atoms with Gasteiger partial charge in [0.05, 0.1) is 22.1 Å². The molecule has 0 aliphatic heterocycles. The van der Waals surface area contributed by atoms with E-state index in [1.807, 2.05) is 0 Å². The second-order valence-electron chi connectivity index (χ2n) is 2.75.